The number of hydrogen-bond acceptors (Lipinski definition) is 2. The normalized spacial score (nSPS) is 10.4. The molecule has 0 unspecified atom stereocenters. The maximum atomic E-state index is 10.8. The number of halogens is 1. The largest absolute Gasteiger partial charge is 0.284 e. The van der Waals surface area contributed by atoms with Gasteiger partial charge in [0.25, 0.3) is 5.69 Å². The van der Waals surface area contributed by atoms with Gasteiger partial charge in [-0.25, -0.2) is 4.98 Å². The molecule has 70 valence electrons. The van der Waals surface area contributed by atoms with Gasteiger partial charge in [0.2, 0.25) is 5.52 Å². The van der Waals surface area contributed by atoms with Crippen LogP contribution in [0.3, 0.4) is 0 Å². The minimum Gasteiger partial charge on any atom is -0.258 e. The number of nitro benzene ring substituents is 1. The van der Waals surface area contributed by atoms with Crippen molar-refractivity contribution in [3.63, 3.8) is 0 Å². The van der Waals surface area contributed by atoms with Gasteiger partial charge < -0.3 is 0 Å². The third kappa shape index (κ3) is 1.43. The van der Waals surface area contributed by atoms with E-state index in [1.807, 2.05) is 12.1 Å². The van der Waals surface area contributed by atoms with Crippen molar-refractivity contribution < 1.29 is 9.91 Å². The van der Waals surface area contributed by atoms with E-state index in [1.165, 1.54) is 6.07 Å². The lowest BCUT2D eigenvalue weighted by molar-refractivity contribution is -0.384. The molecule has 4 nitrogen and oxygen atoms in total. The van der Waals surface area contributed by atoms with Crippen LogP contribution >= 0.6 is 22.6 Å². The van der Waals surface area contributed by atoms with Crippen LogP contribution in [0.25, 0.3) is 10.9 Å². The van der Waals surface area contributed by atoms with E-state index in [0.717, 1.165) is 9.09 Å². The van der Waals surface area contributed by atoms with Crippen LogP contribution in [-0.4, -0.2) is 4.92 Å². The van der Waals surface area contributed by atoms with Crippen LogP contribution in [0.5, 0.6) is 0 Å². The van der Waals surface area contributed by atoms with Crippen molar-refractivity contribution in [2.45, 2.75) is 0 Å². The molecule has 5 heteroatoms. The minimum atomic E-state index is -0.363. The van der Waals surface area contributed by atoms with Gasteiger partial charge in [-0.2, -0.15) is 0 Å². The fraction of sp³-hybridized carbons (Fsp3) is 0. The molecule has 0 saturated carbocycles. The minimum absolute atomic E-state index is 0.142. The number of nitrogens with one attached hydrogen (secondary N) is 1. The van der Waals surface area contributed by atoms with Crippen molar-refractivity contribution >= 4 is 39.2 Å². The quantitative estimate of drug-likeness (QED) is 0.460. The summed E-state index contributed by atoms with van der Waals surface area (Å²) in [6.45, 7) is 0. The molecular weight excluding hydrogens is 295 g/mol. The molecule has 1 heterocycles. The molecule has 0 aliphatic rings. The molecule has 1 aromatic heterocycles. The molecule has 0 fully saturated rings. The summed E-state index contributed by atoms with van der Waals surface area (Å²) in [6, 6.07) is 6.83. The number of H-pyrrole nitrogens is 1. The van der Waals surface area contributed by atoms with Crippen LogP contribution in [0.2, 0.25) is 0 Å². The number of nitro groups is 1. The lowest BCUT2D eigenvalue weighted by Gasteiger charge is -1.96. The number of hydrogen-bond donors (Lipinski definition) is 0. The second-order valence-electron chi connectivity index (χ2n) is 2.78. The Kier molecular flexibility index (Phi) is 2.32. The maximum Gasteiger partial charge on any atom is 0.284 e. The number of non-ortho nitro benzene ring substituents is 1. The molecule has 14 heavy (non-hydrogen) atoms. The molecule has 0 aliphatic carbocycles. The summed E-state index contributed by atoms with van der Waals surface area (Å²) in [7, 11) is 0. The molecule has 2 aromatic rings. The molecule has 0 atom stereocenters. The van der Waals surface area contributed by atoms with Gasteiger partial charge in [-0.3, -0.25) is 10.1 Å². The van der Waals surface area contributed by atoms with Crippen LogP contribution in [0, 0.1) is 13.7 Å². The third-order valence-corrected chi connectivity index (χ3v) is 2.85. The van der Waals surface area contributed by atoms with E-state index in [0.29, 0.717) is 5.39 Å². The van der Waals surface area contributed by atoms with Gasteiger partial charge in [0.05, 0.1) is 4.92 Å². The highest BCUT2D eigenvalue weighted by Gasteiger charge is 2.17. The fourth-order valence-electron chi connectivity index (χ4n) is 1.35. The number of nitrogens with zero attached hydrogens (tertiary/aromatic N) is 1. The van der Waals surface area contributed by atoms with Gasteiger partial charge in [0.1, 0.15) is 5.39 Å². The van der Waals surface area contributed by atoms with Crippen molar-refractivity contribution in [3.8, 4) is 0 Å². The van der Waals surface area contributed by atoms with Crippen LogP contribution in [0.4, 0.5) is 5.69 Å². The second-order valence-corrected chi connectivity index (χ2v) is 3.94. The molecule has 0 amide bonds. The van der Waals surface area contributed by atoms with Crippen molar-refractivity contribution in [2.75, 3.05) is 0 Å². The Morgan fingerprint density at radius 2 is 2.14 bits per heavy atom. The predicted molar refractivity (Wildman–Crippen MR) is 59.9 cm³/mol. The standard InChI is InChI=1S/C9H5IN2O2/c10-6-4-5-11-7-2-1-3-8(9(6)7)12(13)14/h1-5H/p+1. The first-order valence-corrected chi connectivity index (χ1v) is 5.01. The number of rotatable bonds is 1. The lowest BCUT2D eigenvalue weighted by atomic mass is 10.2. The monoisotopic (exact) mass is 301 g/mol. The van der Waals surface area contributed by atoms with E-state index in [2.05, 4.69) is 27.6 Å². The molecular formula is C9H6IN2O2+. The van der Waals surface area contributed by atoms with Crippen molar-refractivity contribution in [2.24, 2.45) is 0 Å². The predicted octanol–water partition coefficient (Wildman–Crippen LogP) is 2.17. The Labute approximate surface area is 93.2 Å². The van der Waals surface area contributed by atoms with Crippen LogP contribution in [-0.2, 0) is 0 Å². The van der Waals surface area contributed by atoms with Gasteiger partial charge in [0, 0.05) is 21.8 Å². The van der Waals surface area contributed by atoms with Gasteiger partial charge in [0.15, 0.2) is 6.20 Å². The Morgan fingerprint density at radius 3 is 2.86 bits per heavy atom. The van der Waals surface area contributed by atoms with Crippen LogP contribution in [0.15, 0.2) is 30.5 Å². The average Bonchev–Trinajstić information content (AvgIpc) is 2.17. The van der Waals surface area contributed by atoms with Gasteiger partial charge in [-0.15, -0.1) is 0 Å². The molecule has 0 aliphatic heterocycles. The van der Waals surface area contributed by atoms with Crippen molar-refractivity contribution in [1.29, 1.82) is 0 Å². The van der Waals surface area contributed by atoms with E-state index in [4.69, 9.17) is 0 Å². The molecule has 0 radical (unpaired) electrons. The van der Waals surface area contributed by atoms with E-state index >= 15 is 0 Å². The summed E-state index contributed by atoms with van der Waals surface area (Å²) < 4.78 is 0.878. The second kappa shape index (κ2) is 3.49. The average molecular weight is 301 g/mol. The smallest absolute Gasteiger partial charge is 0.258 e. The SMILES string of the molecule is O=[N+]([O-])c1cccc2[nH+]ccc(I)c12. The van der Waals surface area contributed by atoms with E-state index in [-0.39, 0.29) is 10.6 Å². The maximum absolute atomic E-state index is 10.8. The van der Waals surface area contributed by atoms with Crippen molar-refractivity contribution in [1.82, 2.24) is 0 Å². The lowest BCUT2D eigenvalue weighted by Crippen LogP contribution is -2.04. The zero-order valence-electron chi connectivity index (χ0n) is 7.03. The third-order valence-electron chi connectivity index (χ3n) is 1.95. The zero-order valence-corrected chi connectivity index (χ0v) is 9.19. The number of aromatic nitrogens is 1. The first kappa shape index (κ1) is 9.32. The topological polar surface area (TPSA) is 57.3 Å². The highest BCUT2D eigenvalue weighted by molar-refractivity contribution is 14.1. The summed E-state index contributed by atoms with van der Waals surface area (Å²) in [5.74, 6) is 0. The number of fused-ring (bicyclic) bond motifs is 1. The summed E-state index contributed by atoms with van der Waals surface area (Å²) >= 11 is 2.09. The Morgan fingerprint density at radius 1 is 1.36 bits per heavy atom. The Bertz CT molecular complexity index is 508. The highest BCUT2D eigenvalue weighted by atomic mass is 127. The van der Waals surface area contributed by atoms with Crippen molar-refractivity contribution in [3.05, 3.63) is 44.1 Å². The van der Waals surface area contributed by atoms with Crippen LogP contribution in [0.1, 0.15) is 0 Å². The Hall–Kier alpha value is -1.24. The van der Waals surface area contributed by atoms with Gasteiger partial charge in [-0.1, -0.05) is 0 Å². The molecule has 1 aromatic carbocycles. The zero-order chi connectivity index (χ0) is 10.1. The molecule has 0 spiro atoms. The van der Waals surface area contributed by atoms with Crippen LogP contribution < -0.4 is 4.98 Å². The summed E-state index contributed by atoms with van der Waals surface area (Å²) in [4.78, 5) is 13.4. The molecule has 2 rings (SSSR count). The van der Waals surface area contributed by atoms with E-state index < -0.39 is 0 Å². The van der Waals surface area contributed by atoms with Gasteiger partial charge >= 0.3 is 0 Å². The summed E-state index contributed by atoms with van der Waals surface area (Å²) in [5, 5.41) is 11.4. The number of aromatic amines is 1. The van der Waals surface area contributed by atoms with E-state index in [9.17, 15) is 10.1 Å². The first-order chi connectivity index (χ1) is 6.70. The highest BCUT2D eigenvalue weighted by Crippen LogP contribution is 2.26. The summed E-state index contributed by atoms with van der Waals surface area (Å²) in [6.07, 6.45) is 1.77. The van der Waals surface area contributed by atoms with Gasteiger partial charge in [-0.05, 0) is 28.7 Å². The first-order valence-electron chi connectivity index (χ1n) is 3.93. The number of pyridine rings is 1. The number of benzene rings is 1. The van der Waals surface area contributed by atoms with E-state index in [1.54, 1.807) is 12.3 Å². The molecule has 0 bridgehead atoms. The summed E-state index contributed by atoms with van der Waals surface area (Å²) in [5.41, 5.74) is 0.926. The molecule has 0 saturated heterocycles. The fourth-order valence-corrected chi connectivity index (χ4v) is 2.10. The Balaban J connectivity index is 2.91. The molecule has 1 N–H and O–H groups in total.